The Bertz CT molecular complexity index is 722. The smallest absolute Gasteiger partial charge is 0.238 e. The van der Waals surface area contributed by atoms with Gasteiger partial charge in [-0.3, -0.25) is 14.5 Å². The van der Waals surface area contributed by atoms with Crippen molar-refractivity contribution in [3.05, 3.63) is 64.6 Å². The van der Waals surface area contributed by atoms with Gasteiger partial charge in [-0.15, -0.1) is 0 Å². The van der Waals surface area contributed by atoms with Crippen LogP contribution in [-0.2, 0) is 16.1 Å². The van der Waals surface area contributed by atoms with Crippen molar-refractivity contribution in [3.8, 4) is 0 Å². The second-order valence-electron chi connectivity index (χ2n) is 5.82. The van der Waals surface area contributed by atoms with E-state index < -0.39 is 6.04 Å². The highest BCUT2D eigenvalue weighted by Gasteiger charge is 2.20. The molecule has 5 nitrogen and oxygen atoms in total. The maximum Gasteiger partial charge on any atom is 0.238 e. The molecule has 0 aliphatic heterocycles. The molecule has 0 aliphatic rings. The molecule has 2 amide bonds. The first-order chi connectivity index (χ1) is 12.0. The number of amides is 2. The zero-order chi connectivity index (χ0) is 18.2. The molecule has 0 aliphatic carbocycles. The van der Waals surface area contributed by atoms with Gasteiger partial charge in [-0.2, -0.15) is 0 Å². The zero-order valence-corrected chi connectivity index (χ0v) is 15.9. The molecular weight excluding hydrogens is 382 g/mol. The molecular formula is C19H22BrN3O2. The first-order valence-electron chi connectivity index (χ1n) is 8.03. The quantitative estimate of drug-likeness (QED) is 0.746. The summed E-state index contributed by atoms with van der Waals surface area (Å²) in [6, 6.07) is 16.7. The molecule has 0 fully saturated rings. The summed E-state index contributed by atoms with van der Waals surface area (Å²) in [7, 11) is 1.76. The van der Waals surface area contributed by atoms with E-state index in [9.17, 15) is 9.59 Å². The van der Waals surface area contributed by atoms with Crippen LogP contribution in [0.3, 0.4) is 0 Å². The van der Waals surface area contributed by atoms with Crippen molar-refractivity contribution >= 4 is 33.4 Å². The summed E-state index contributed by atoms with van der Waals surface area (Å²) < 4.78 is 0.819. The summed E-state index contributed by atoms with van der Waals surface area (Å²) in [6.45, 7) is 2.38. The van der Waals surface area contributed by atoms with Crippen LogP contribution in [0.4, 0.5) is 5.69 Å². The Labute approximate surface area is 156 Å². The van der Waals surface area contributed by atoms with Gasteiger partial charge in [0.1, 0.15) is 0 Å². The Kier molecular flexibility index (Phi) is 7.16. The number of hydrogen-bond donors (Lipinski definition) is 2. The zero-order valence-electron chi connectivity index (χ0n) is 14.3. The van der Waals surface area contributed by atoms with E-state index in [4.69, 9.17) is 0 Å². The first-order valence-corrected chi connectivity index (χ1v) is 8.83. The SMILES string of the molecule is C[C@H](C(=O)NCc1ccccc1)N(C)CC(=O)Nc1ccccc1Br. The molecule has 2 N–H and O–H groups in total. The minimum absolute atomic E-state index is 0.111. The van der Waals surface area contributed by atoms with Gasteiger partial charge >= 0.3 is 0 Å². The van der Waals surface area contributed by atoms with Gasteiger partial charge < -0.3 is 10.6 Å². The first kappa shape index (κ1) is 19.1. The molecule has 0 saturated heterocycles. The highest BCUT2D eigenvalue weighted by atomic mass is 79.9. The van der Waals surface area contributed by atoms with Crippen LogP contribution in [0.25, 0.3) is 0 Å². The van der Waals surface area contributed by atoms with E-state index in [1.807, 2.05) is 54.6 Å². The average Bonchev–Trinajstić information content (AvgIpc) is 2.61. The Morgan fingerprint density at radius 3 is 2.40 bits per heavy atom. The second kappa shape index (κ2) is 9.34. The maximum atomic E-state index is 12.3. The van der Waals surface area contributed by atoms with E-state index >= 15 is 0 Å². The lowest BCUT2D eigenvalue weighted by atomic mass is 10.2. The number of hydrogen-bond acceptors (Lipinski definition) is 3. The number of carbonyl (C=O) groups excluding carboxylic acids is 2. The van der Waals surface area contributed by atoms with Crippen molar-refractivity contribution < 1.29 is 9.59 Å². The Morgan fingerprint density at radius 1 is 1.08 bits per heavy atom. The largest absolute Gasteiger partial charge is 0.351 e. The van der Waals surface area contributed by atoms with Crippen LogP contribution < -0.4 is 10.6 Å². The summed E-state index contributed by atoms with van der Waals surface area (Å²) >= 11 is 3.39. The molecule has 132 valence electrons. The molecule has 0 heterocycles. The third kappa shape index (κ3) is 5.99. The van der Waals surface area contributed by atoms with Crippen LogP contribution in [0, 0.1) is 0 Å². The second-order valence-corrected chi connectivity index (χ2v) is 6.68. The van der Waals surface area contributed by atoms with Crippen molar-refractivity contribution in [3.63, 3.8) is 0 Å². The van der Waals surface area contributed by atoms with E-state index in [0.717, 1.165) is 10.0 Å². The molecule has 2 rings (SSSR count). The van der Waals surface area contributed by atoms with Gasteiger partial charge in [0.25, 0.3) is 0 Å². The van der Waals surface area contributed by atoms with Crippen molar-refractivity contribution in [1.82, 2.24) is 10.2 Å². The Morgan fingerprint density at radius 2 is 1.72 bits per heavy atom. The monoisotopic (exact) mass is 403 g/mol. The summed E-state index contributed by atoms with van der Waals surface area (Å²) in [5.74, 6) is -0.280. The molecule has 0 unspecified atom stereocenters. The minimum Gasteiger partial charge on any atom is -0.351 e. The summed E-state index contributed by atoms with van der Waals surface area (Å²) in [6.07, 6.45) is 0. The van der Waals surface area contributed by atoms with Crippen LogP contribution >= 0.6 is 15.9 Å². The lowest BCUT2D eigenvalue weighted by molar-refractivity contribution is -0.126. The molecule has 0 aromatic heterocycles. The fourth-order valence-electron chi connectivity index (χ4n) is 2.25. The summed E-state index contributed by atoms with van der Waals surface area (Å²) in [5.41, 5.74) is 1.75. The highest BCUT2D eigenvalue weighted by molar-refractivity contribution is 9.10. The van der Waals surface area contributed by atoms with Crippen molar-refractivity contribution in [2.75, 3.05) is 18.9 Å². The van der Waals surface area contributed by atoms with Crippen molar-refractivity contribution in [2.24, 2.45) is 0 Å². The highest BCUT2D eigenvalue weighted by Crippen LogP contribution is 2.21. The number of para-hydroxylation sites is 1. The van der Waals surface area contributed by atoms with Crippen LogP contribution in [0.5, 0.6) is 0 Å². The number of halogens is 1. The predicted molar refractivity (Wildman–Crippen MR) is 103 cm³/mol. The van der Waals surface area contributed by atoms with Gasteiger partial charge in [0, 0.05) is 11.0 Å². The number of rotatable bonds is 7. The standard InChI is InChI=1S/C19H22BrN3O2/c1-14(19(25)21-12-15-8-4-3-5-9-15)23(2)13-18(24)22-17-11-7-6-10-16(17)20/h3-11,14H,12-13H2,1-2H3,(H,21,25)(H,22,24)/t14-/m1/s1. The third-order valence-electron chi connectivity index (χ3n) is 3.89. The Balaban J connectivity index is 1.82. The van der Waals surface area contributed by atoms with Gasteiger partial charge in [0.05, 0.1) is 18.3 Å². The van der Waals surface area contributed by atoms with Crippen molar-refractivity contribution in [1.29, 1.82) is 0 Å². The molecule has 0 spiro atoms. The normalized spacial score (nSPS) is 11.8. The van der Waals surface area contributed by atoms with E-state index in [1.165, 1.54) is 0 Å². The lowest BCUT2D eigenvalue weighted by Crippen LogP contribution is -2.45. The predicted octanol–water partition coefficient (Wildman–Crippen LogP) is 3.02. The minimum atomic E-state index is -0.409. The van der Waals surface area contributed by atoms with Gasteiger partial charge in [0.2, 0.25) is 11.8 Å². The van der Waals surface area contributed by atoms with Crippen LogP contribution in [0.15, 0.2) is 59.1 Å². The maximum absolute atomic E-state index is 12.3. The van der Waals surface area contributed by atoms with Gasteiger partial charge in [-0.1, -0.05) is 42.5 Å². The average molecular weight is 404 g/mol. The topological polar surface area (TPSA) is 61.4 Å². The number of benzene rings is 2. The molecule has 2 aromatic rings. The van der Waals surface area contributed by atoms with Crippen LogP contribution in [-0.4, -0.2) is 36.3 Å². The number of likely N-dealkylation sites (N-methyl/N-ethyl adjacent to an activating group) is 1. The number of nitrogens with zero attached hydrogens (tertiary/aromatic N) is 1. The number of carbonyl (C=O) groups is 2. The number of anilines is 1. The lowest BCUT2D eigenvalue weighted by Gasteiger charge is -2.23. The molecule has 0 bridgehead atoms. The van der Waals surface area contributed by atoms with E-state index in [0.29, 0.717) is 12.2 Å². The summed E-state index contributed by atoms with van der Waals surface area (Å²) in [5, 5.41) is 5.73. The van der Waals surface area contributed by atoms with Gasteiger partial charge in [-0.25, -0.2) is 0 Å². The third-order valence-corrected chi connectivity index (χ3v) is 4.58. The fraction of sp³-hybridized carbons (Fsp3) is 0.263. The molecule has 1 atom stereocenters. The van der Waals surface area contributed by atoms with Crippen molar-refractivity contribution in [2.45, 2.75) is 19.5 Å². The molecule has 2 aromatic carbocycles. The fourth-order valence-corrected chi connectivity index (χ4v) is 2.63. The van der Waals surface area contributed by atoms with Crippen LogP contribution in [0.1, 0.15) is 12.5 Å². The number of nitrogens with one attached hydrogen (secondary N) is 2. The van der Waals surface area contributed by atoms with Crippen LogP contribution in [0.2, 0.25) is 0 Å². The van der Waals surface area contributed by atoms with Gasteiger partial charge in [0.15, 0.2) is 0 Å². The van der Waals surface area contributed by atoms with E-state index in [1.54, 1.807) is 18.9 Å². The molecule has 0 saturated carbocycles. The van der Waals surface area contributed by atoms with E-state index in [2.05, 4.69) is 26.6 Å². The van der Waals surface area contributed by atoms with E-state index in [-0.39, 0.29) is 18.4 Å². The molecule has 0 radical (unpaired) electrons. The Hall–Kier alpha value is -2.18. The molecule has 25 heavy (non-hydrogen) atoms. The molecule has 6 heteroatoms. The van der Waals surface area contributed by atoms with Gasteiger partial charge in [-0.05, 0) is 47.6 Å². The summed E-state index contributed by atoms with van der Waals surface area (Å²) in [4.78, 5) is 26.2.